The van der Waals surface area contributed by atoms with E-state index in [2.05, 4.69) is 10.6 Å². The van der Waals surface area contributed by atoms with Crippen molar-refractivity contribution in [1.29, 1.82) is 0 Å². The van der Waals surface area contributed by atoms with Crippen LogP contribution in [0.25, 0.3) is 0 Å². The first-order valence-electron chi connectivity index (χ1n) is 6.86. The standard InChI is InChI=1S/C15H22N2O4/c1-10(14(18)19)5-4-8-16-15(20)17-12-6-7-13(21-3)11(2)9-12/h6-7,9-10H,4-5,8H2,1-3H3,(H,18,19)(H2,16,17,20). The normalized spacial score (nSPS) is 11.6. The fourth-order valence-electron chi connectivity index (χ4n) is 1.87. The second kappa shape index (κ2) is 8.14. The van der Waals surface area contributed by atoms with Gasteiger partial charge in [0, 0.05) is 12.2 Å². The van der Waals surface area contributed by atoms with Gasteiger partial charge in [-0.1, -0.05) is 6.92 Å². The van der Waals surface area contributed by atoms with Gasteiger partial charge < -0.3 is 20.5 Å². The van der Waals surface area contributed by atoms with E-state index in [0.29, 0.717) is 25.1 Å². The first-order chi connectivity index (χ1) is 9.93. The Bertz CT molecular complexity index is 502. The summed E-state index contributed by atoms with van der Waals surface area (Å²) in [7, 11) is 1.60. The maximum atomic E-state index is 11.7. The number of ether oxygens (including phenoxy) is 1. The van der Waals surface area contributed by atoms with Gasteiger partial charge in [-0.25, -0.2) is 4.79 Å². The lowest BCUT2D eigenvalue weighted by Gasteiger charge is -2.10. The highest BCUT2D eigenvalue weighted by Gasteiger charge is 2.10. The largest absolute Gasteiger partial charge is 0.496 e. The number of nitrogens with one attached hydrogen (secondary N) is 2. The molecular formula is C15H22N2O4. The number of rotatable bonds is 7. The Kier molecular flexibility index (Phi) is 6.52. The third kappa shape index (κ3) is 5.72. The van der Waals surface area contributed by atoms with Crippen LogP contribution in [0.1, 0.15) is 25.3 Å². The Morgan fingerprint density at radius 1 is 1.38 bits per heavy atom. The highest BCUT2D eigenvalue weighted by atomic mass is 16.5. The van der Waals surface area contributed by atoms with E-state index < -0.39 is 5.97 Å². The molecule has 0 saturated heterocycles. The van der Waals surface area contributed by atoms with Crippen molar-refractivity contribution in [3.63, 3.8) is 0 Å². The summed E-state index contributed by atoms with van der Waals surface area (Å²) >= 11 is 0. The minimum absolute atomic E-state index is 0.303. The number of methoxy groups -OCH3 is 1. The molecule has 0 aromatic heterocycles. The summed E-state index contributed by atoms with van der Waals surface area (Å²) in [5, 5.41) is 14.2. The molecule has 0 spiro atoms. The molecule has 6 nitrogen and oxygen atoms in total. The van der Waals surface area contributed by atoms with Crippen LogP contribution in [0.5, 0.6) is 5.75 Å². The van der Waals surface area contributed by atoms with Crippen molar-refractivity contribution in [3.05, 3.63) is 23.8 Å². The monoisotopic (exact) mass is 294 g/mol. The first-order valence-corrected chi connectivity index (χ1v) is 6.86. The lowest BCUT2D eigenvalue weighted by Crippen LogP contribution is -2.30. The van der Waals surface area contributed by atoms with Crippen LogP contribution < -0.4 is 15.4 Å². The molecule has 2 amide bonds. The lowest BCUT2D eigenvalue weighted by molar-refractivity contribution is -0.141. The van der Waals surface area contributed by atoms with Crippen LogP contribution in [0.15, 0.2) is 18.2 Å². The molecule has 116 valence electrons. The first kappa shape index (κ1) is 16.8. The molecule has 3 N–H and O–H groups in total. The number of hydrogen-bond donors (Lipinski definition) is 3. The SMILES string of the molecule is COc1ccc(NC(=O)NCCCC(C)C(=O)O)cc1C. The summed E-state index contributed by atoms with van der Waals surface area (Å²) in [6.07, 6.45) is 1.17. The fraction of sp³-hybridized carbons (Fsp3) is 0.467. The smallest absolute Gasteiger partial charge is 0.319 e. The molecule has 0 fully saturated rings. The second-order valence-electron chi connectivity index (χ2n) is 4.95. The average molecular weight is 294 g/mol. The maximum Gasteiger partial charge on any atom is 0.319 e. The van der Waals surface area contributed by atoms with Gasteiger partial charge in [0.25, 0.3) is 0 Å². The number of carboxylic acid groups (broad SMARTS) is 1. The quantitative estimate of drug-likeness (QED) is 0.675. The van der Waals surface area contributed by atoms with Crippen molar-refractivity contribution < 1.29 is 19.4 Å². The van der Waals surface area contributed by atoms with Gasteiger partial charge in [-0.15, -0.1) is 0 Å². The molecule has 6 heteroatoms. The van der Waals surface area contributed by atoms with E-state index in [-0.39, 0.29) is 11.9 Å². The van der Waals surface area contributed by atoms with E-state index in [4.69, 9.17) is 9.84 Å². The van der Waals surface area contributed by atoms with Gasteiger partial charge in [0.2, 0.25) is 0 Å². The van der Waals surface area contributed by atoms with Crippen LogP contribution in [0.3, 0.4) is 0 Å². The topological polar surface area (TPSA) is 87.7 Å². The summed E-state index contributed by atoms with van der Waals surface area (Å²) in [6.45, 7) is 4.00. The molecule has 1 atom stereocenters. The summed E-state index contributed by atoms with van der Waals surface area (Å²) < 4.78 is 5.15. The zero-order chi connectivity index (χ0) is 15.8. The van der Waals surface area contributed by atoms with E-state index in [1.165, 1.54) is 0 Å². The second-order valence-corrected chi connectivity index (χ2v) is 4.95. The molecule has 1 aromatic rings. The van der Waals surface area contributed by atoms with Gasteiger partial charge in [0.15, 0.2) is 0 Å². The number of aliphatic carboxylic acids is 1. The number of urea groups is 1. The summed E-state index contributed by atoms with van der Waals surface area (Å²) in [5.74, 6) is -0.434. The van der Waals surface area contributed by atoms with Gasteiger partial charge in [-0.05, 0) is 43.5 Å². The molecule has 21 heavy (non-hydrogen) atoms. The number of aryl methyl sites for hydroxylation is 1. The van der Waals surface area contributed by atoms with Crippen LogP contribution >= 0.6 is 0 Å². The molecule has 0 bridgehead atoms. The van der Waals surface area contributed by atoms with Gasteiger partial charge >= 0.3 is 12.0 Å². The van der Waals surface area contributed by atoms with Gasteiger partial charge in [0.1, 0.15) is 5.75 Å². The molecule has 0 aliphatic rings. The highest BCUT2D eigenvalue weighted by Crippen LogP contribution is 2.21. The van der Waals surface area contributed by atoms with Crippen LogP contribution in [-0.4, -0.2) is 30.8 Å². The Hall–Kier alpha value is -2.24. The van der Waals surface area contributed by atoms with Gasteiger partial charge in [-0.2, -0.15) is 0 Å². The molecule has 0 radical (unpaired) electrons. The number of carbonyl (C=O) groups excluding carboxylic acids is 1. The summed E-state index contributed by atoms with van der Waals surface area (Å²) in [4.78, 5) is 22.3. The van der Waals surface area contributed by atoms with E-state index in [1.807, 2.05) is 13.0 Å². The van der Waals surface area contributed by atoms with E-state index in [9.17, 15) is 9.59 Å². The maximum absolute atomic E-state index is 11.7. The predicted octanol–water partition coefficient (Wildman–Crippen LogP) is 2.63. The number of benzene rings is 1. The van der Waals surface area contributed by atoms with Crippen molar-refractivity contribution >= 4 is 17.7 Å². The van der Waals surface area contributed by atoms with Crippen LogP contribution in [0, 0.1) is 12.8 Å². The Morgan fingerprint density at radius 2 is 2.10 bits per heavy atom. The predicted molar refractivity (Wildman–Crippen MR) is 80.8 cm³/mol. The number of hydrogen-bond acceptors (Lipinski definition) is 3. The molecule has 1 aromatic carbocycles. The van der Waals surface area contributed by atoms with Crippen molar-refractivity contribution in [3.8, 4) is 5.75 Å². The van der Waals surface area contributed by atoms with Crippen molar-refractivity contribution in [2.45, 2.75) is 26.7 Å². The number of amides is 2. The van der Waals surface area contributed by atoms with Gasteiger partial charge in [0.05, 0.1) is 13.0 Å². The van der Waals surface area contributed by atoms with Crippen LogP contribution in [0.4, 0.5) is 10.5 Å². The van der Waals surface area contributed by atoms with Crippen LogP contribution in [-0.2, 0) is 4.79 Å². The van der Waals surface area contributed by atoms with E-state index in [1.54, 1.807) is 26.2 Å². The Balaban J connectivity index is 2.34. The number of carbonyl (C=O) groups is 2. The minimum Gasteiger partial charge on any atom is -0.496 e. The number of anilines is 1. The minimum atomic E-state index is -0.812. The molecule has 1 rings (SSSR count). The average Bonchev–Trinajstić information content (AvgIpc) is 2.43. The Morgan fingerprint density at radius 3 is 2.67 bits per heavy atom. The zero-order valence-electron chi connectivity index (χ0n) is 12.6. The summed E-state index contributed by atoms with van der Waals surface area (Å²) in [6, 6.07) is 5.07. The molecule has 0 heterocycles. The molecule has 1 unspecified atom stereocenters. The fourth-order valence-corrected chi connectivity index (χ4v) is 1.87. The third-order valence-electron chi connectivity index (χ3n) is 3.17. The summed E-state index contributed by atoms with van der Waals surface area (Å²) in [5.41, 5.74) is 1.62. The molecule has 0 aliphatic carbocycles. The zero-order valence-corrected chi connectivity index (χ0v) is 12.6. The van der Waals surface area contributed by atoms with Crippen molar-refractivity contribution in [1.82, 2.24) is 5.32 Å². The van der Waals surface area contributed by atoms with E-state index >= 15 is 0 Å². The molecule has 0 saturated carbocycles. The number of carboxylic acids is 1. The Labute approximate surface area is 124 Å². The molecular weight excluding hydrogens is 272 g/mol. The highest BCUT2D eigenvalue weighted by molar-refractivity contribution is 5.89. The van der Waals surface area contributed by atoms with Crippen molar-refractivity contribution in [2.24, 2.45) is 5.92 Å². The lowest BCUT2D eigenvalue weighted by atomic mass is 10.1. The van der Waals surface area contributed by atoms with Crippen LogP contribution in [0.2, 0.25) is 0 Å². The van der Waals surface area contributed by atoms with Crippen molar-refractivity contribution in [2.75, 3.05) is 19.0 Å². The third-order valence-corrected chi connectivity index (χ3v) is 3.17. The van der Waals surface area contributed by atoms with Gasteiger partial charge in [-0.3, -0.25) is 4.79 Å². The van der Waals surface area contributed by atoms with E-state index in [0.717, 1.165) is 11.3 Å². The molecule has 0 aliphatic heterocycles.